The fourth-order valence-electron chi connectivity index (χ4n) is 4.54. The number of nitrogens with one attached hydrogen (secondary N) is 1. The first-order valence-corrected chi connectivity index (χ1v) is 11.1. The Morgan fingerprint density at radius 3 is 2.50 bits per heavy atom. The molecule has 2 aliphatic rings. The van der Waals surface area contributed by atoms with Crippen molar-refractivity contribution in [3.05, 3.63) is 52.5 Å². The van der Waals surface area contributed by atoms with Crippen molar-refractivity contribution in [1.82, 2.24) is 15.2 Å². The molecule has 0 atom stereocenters. The van der Waals surface area contributed by atoms with Gasteiger partial charge in [-0.05, 0) is 55.2 Å². The molecular weight excluding hydrogens is 370 g/mol. The van der Waals surface area contributed by atoms with Crippen molar-refractivity contribution < 1.29 is 9.59 Å². The van der Waals surface area contributed by atoms with E-state index in [0.717, 1.165) is 51.6 Å². The second-order valence-corrected chi connectivity index (χ2v) is 8.90. The molecule has 2 amide bonds. The van der Waals surface area contributed by atoms with Gasteiger partial charge in [-0.2, -0.15) is 0 Å². The van der Waals surface area contributed by atoms with Gasteiger partial charge in [0.25, 0.3) is 5.91 Å². The van der Waals surface area contributed by atoms with Crippen LogP contribution in [-0.4, -0.2) is 41.3 Å². The third-order valence-corrected chi connectivity index (χ3v) is 7.34. The Bertz CT molecular complexity index is 792. The Hall–Kier alpha value is -2.21. The third kappa shape index (κ3) is 3.83. The molecule has 3 heterocycles. The number of pyridine rings is 1. The Morgan fingerprint density at radius 2 is 1.86 bits per heavy atom. The van der Waals surface area contributed by atoms with E-state index in [0.29, 0.717) is 18.0 Å². The second-order valence-electron chi connectivity index (χ2n) is 7.95. The smallest absolute Gasteiger partial charge is 0.253 e. The molecule has 2 aromatic heterocycles. The average Bonchev–Trinajstić information content (AvgIpc) is 3.45. The lowest BCUT2D eigenvalue weighted by atomic mass is 9.83. The Morgan fingerprint density at radius 1 is 1.14 bits per heavy atom. The largest absolute Gasteiger partial charge is 0.355 e. The molecule has 1 saturated carbocycles. The van der Waals surface area contributed by atoms with Crippen molar-refractivity contribution in [1.29, 1.82) is 0 Å². The molecule has 0 unspecified atom stereocenters. The predicted molar refractivity (Wildman–Crippen MR) is 110 cm³/mol. The molecular formula is C22H27N3O2S. The van der Waals surface area contributed by atoms with E-state index in [2.05, 4.69) is 21.7 Å². The molecule has 28 heavy (non-hydrogen) atoms. The van der Waals surface area contributed by atoms with Gasteiger partial charge in [-0.3, -0.25) is 14.6 Å². The summed E-state index contributed by atoms with van der Waals surface area (Å²) in [4.78, 5) is 32.7. The average molecular weight is 398 g/mol. The highest BCUT2D eigenvalue weighted by Crippen LogP contribution is 2.43. The van der Waals surface area contributed by atoms with E-state index < -0.39 is 0 Å². The van der Waals surface area contributed by atoms with E-state index in [1.807, 2.05) is 11.0 Å². The minimum absolute atomic E-state index is 0.0764. The molecule has 5 nitrogen and oxygen atoms in total. The van der Waals surface area contributed by atoms with Gasteiger partial charge in [0.15, 0.2) is 0 Å². The monoisotopic (exact) mass is 397 g/mol. The van der Waals surface area contributed by atoms with Crippen molar-refractivity contribution >= 4 is 23.2 Å². The maximum Gasteiger partial charge on any atom is 0.253 e. The molecule has 2 fully saturated rings. The highest BCUT2D eigenvalue weighted by Gasteiger charge is 2.43. The molecule has 0 radical (unpaired) electrons. The summed E-state index contributed by atoms with van der Waals surface area (Å²) in [5, 5.41) is 5.32. The Kier molecular flexibility index (Phi) is 5.76. The van der Waals surface area contributed by atoms with Crippen LogP contribution in [0.25, 0.3) is 0 Å². The molecule has 1 aliphatic heterocycles. The second kappa shape index (κ2) is 8.43. The van der Waals surface area contributed by atoms with Gasteiger partial charge in [-0.25, -0.2) is 0 Å². The first kappa shape index (κ1) is 19.1. The highest BCUT2D eigenvalue weighted by atomic mass is 32.1. The number of hydrogen-bond acceptors (Lipinski definition) is 4. The van der Waals surface area contributed by atoms with Gasteiger partial charge in [0, 0.05) is 42.5 Å². The lowest BCUT2D eigenvalue weighted by Crippen LogP contribution is -2.46. The van der Waals surface area contributed by atoms with E-state index in [-0.39, 0.29) is 17.2 Å². The number of amides is 2. The number of aromatic nitrogens is 1. The van der Waals surface area contributed by atoms with Crippen LogP contribution >= 0.6 is 11.3 Å². The first-order chi connectivity index (χ1) is 13.7. The van der Waals surface area contributed by atoms with Gasteiger partial charge in [0.1, 0.15) is 0 Å². The van der Waals surface area contributed by atoms with Crippen LogP contribution in [0, 0.1) is 5.92 Å². The highest BCUT2D eigenvalue weighted by molar-refractivity contribution is 7.10. The van der Waals surface area contributed by atoms with Crippen LogP contribution in [0.3, 0.4) is 0 Å². The van der Waals surface area contributed by atoms with Crippen LogP contribution in [0.15, 0.2) is 42.0 Å². The van der Waals surface area contributed by atoms with Gasteiger partial charge in [-0.15, -0.1) is 11.3 Å². The van der Waals surface area contributed by atoms with Crippen molar-refractivity contribution in [3.8, 4) is 0 Å². The van der Waals surface area contributed by atoms with Crippen LogP contribution in [-0.2, 0) is 10.2 Å². The van der Waals surface area contributed by atoms with Crippen LogP contribution in [0.5, 0.6) is 0 Å². The zero-order chi connectivity index (χ0) is 19.4. The molecule has 2 aromatic rings. The van der Waals surface area contributed by atoms with E-state index in [1.54, 1.807) is 35.9 Å². The predicted octanol–water partition coefficient (Wildman–Crippen LogP) is 3.62. The van der Waals surface area contributed by atoms with Gasteiger partial charge in [-0.1, -0.05) is 18.9 Å². The number of nitrogens with zero attached hydrogens (tertiary/aromatic N) is 2. The number of likely N-dealkylation sites (tertiary alicyclic amines) is 1. The summed E-state index contributed by atoms with van der Waals surface area (Å²) >= 11 is 1.70. The maximum atomic E-state index is 13.1. The normalized spacial score (nSPS) is 19.5. The molecule has 4 rings (SSSR count). The quantitative estimate of drug-likeness (QED) is 0.838. The van der Waals surface area contributed by atoms with Crippen LogP contribution in [0.1, 0.15) is 53.8 Å². The van der Waals surface area contributed by atoms with Crippen molar-refractivity contribution in [3.63, 3.8) is 0 Å². The zero-order valence-corrected chi connectivity index (χ0v) is 16.9. The summed E-state index contributed by atoms with van der Waals surface area (Å²) in [6.07, 6.45) is 9.34. The standard InChI is InChI=1S/C22H27N3O2S/c26-20(18-5-11-23-12-6-18)25-13-7-17(8-14-25)16-24-21(27)22(9-1-2-10-22)19-4-3-15-28-19/h3-6,11-12,15,17H,1-2,7-10,13-14,16H2,(H,24,27). The van der Waals surface area contributed by atoms with Crippen LogP contribution < -0.4 is 5.32 Å². The third-order valence-electron chi connectivity index (χ3n) is 6.26. The summed E-state index contributed by atoms with van der Waals surface area (Å²) < 4.78 is 0. The molecule has 6 heteroatoms. The molecule has 1 saturated heterocycles. The van der Waals surface area contributed by atoms with E-state index in [9.17, 15) is 9.59 Å². The van der Waals surface area contributed by atoms with Crippen molar-refractivity contribution in [2.24, 2.45) is 5.92 Å². The van der Waals surface area contributed by atoms with Gasteiger partial charge in [0.05, 0.1) is 5.41 Å². The fraction of sp³-hybridized carbons (Fsp3) is 0.500. The van der Waals surface area contributed by atoms with E-state index in [1.165, 1.54) is 4.88 Å². The summed E-state index contributed by atoms with van der Waals surface area (Å²) in [6.45, 7) is 2.21. The maximum absolute atomic E-state index is 13.1. The van der Waals surface area contributed by atoms with Gasteiger partial charge < -0.3 is 10.2 Å². The molecule has 0 aromatic carbocycles. The Balaban J connectivity index is 1.29. The van der Waals surface area contributed by atoms with Gasteiger partial charge in [0.2, 0.25) is 5.91 Å². The van der Waals surface area contributed by atoms with Crippen molar-refractivity contribution in [2.75, 3.05) is 19.6 Å². The Labute approximate surface area is 170 Å². The van der Waals surface area contributed by atoms with Crippen molar-refractivity contribution in [2.45, 2.75) is 43.9 Å². The number of carbonyl (C=O) groups excluding carboxylic acids is 2. The molecule has 1 N–H and O–H groups in total. The van der Waals surface area contributed by atoms with Gasteiger partial charge >= 0.3 is 0 Å². The minimum Gasteiger partial charge on any atom is -0.355 e. The first-order valence-electron chi connectivity index (χ1n) is 10.2. The molecule has 1 aliphatic carbocycles. The van der Waals surface area contributed by atoms with Crippen LogP contribution in [0.2, 0.25) is 0 Å². The summed E-state index contributed by atoms with van der Waals surface area (Å²) in [6, 6.07) is 7.68. The molecule has 148 valence electrons. The van der Waals surface area contributed by atoms with Crippen LogP contribution in [0.4, 0.5) is 0 Å². The topological polar surface area (TPSA) is 62.3 Å². The SMILES string of the molecule is O=C(c1ccncc1)N1CCC(CNC(=O)C2(c3cccs3)CCCC2)CC1. The fourth-order valence-corrected chi connectivity index (χ4v) is 5.52. The van der Waals surface area contributed by atoms with E-state index >= 15 is 0 Å². The number of hydrogen-bond donors (Lipinski definition) is 1. The number of thiophene rings is 1. The minimum atomic E-state index is -0.313. The number of rotatable bonds is 5. The summed E-state index contributed by atoms with van der Waals surface area (Å²) in [7, 11) is 0. The van der Waals surface area contributed by atoms with E-state index in [4.69, 9.17) is 0 Å². The molecule has 0 bridgehead atoms. The summed E-state index contributed by atoms with van der Waals surface area (Å²) in [5.41, 5.74) is 0.382. The number of piperidine rings is 1. The number of carbonyl (C=O) groups is 2. The lowest BCUT2D eigenvalue weighted by molar-refractivity contribution is -0.126. The molecule has 0 spiro atoms. The lowest BCUT2D eigenvalue weighted by Gasteiger charge is -2.33. The zero-order valence-electron chi connectivity index (χ0n) is 16.1. The summed E-state index contributed by atoms with van der Waals surface area (Å²) in [5.74, 6) is 0.711.